The van der Waals surface area contributed by atoms with E-state index in [-0.39, 0.29) is 24.0 Å². The number of benzene rings is 1. The van der Waals surface area contributed by atoms with Crippen LogP contribution in [0.25, 0.3) is 0 Å². The standard InChI is InChI=1S/C18H22N6O3/c1-19-17(25)24-9-5-8-14(24)16-21-15(22-27-16)12-10-23(11-12)18(26)20-13-6-3-2-4-7-13/h2-4,6-7,12,14H,5,8-11H2,1H3,(H,19,25)(H,20,26). The van der Waals surface area contributed by atoms with Crippen molar-refractivity contribution in [2.45, 2.75) is 24.8 Å². The Hall–Kier alpha value is -3.10. The molecule has 9 heteroatoms. The van der Waals surface area contributed by atoms with Gasteiger partial charge in [0.2, 0.25) is 5.89 Å². The monoisotopic (exact) mass is 370 g/mol. The zero-order valence-electron chi connectivity index (χ0n) is 15.1. The molecule has 0 saturated carbocycles. The summed E-state index contributed by atoms with van der Waals surface area (Å²) in [5, 5.41) is 9.58. The first kappa shape index (κ1) is 17.3. The number of anilines is 1. The molecule has 0 bridgehead atoms. The van der Waals surface area contributed by atoms with Gasteiger partial charge in [-0.3, -0.25) is 0 Å². The van der Waals surface area contributed by atoms with E-state index in [2.05, 4.69) is 20.8 Å². The lowest BCUT2D eigenvalue weighted by Gasteiger charge is -2.37. The molecule has 0 aliphatic carbocycles. The number of carbonyl (C=O) groups excluding carboxylic acids is 2. The van der Waals surface area contributed by atoms with Gasteiger partial charge in [-0.25, -0.2) is 9.59 Å². The van der Waals surface area contributed by atoms with Crippen LogP contribution >= 0.6 is 0 Å². The molecule has 1 unspecified atom stereocenters. The van der Waals surface area contributed by atoms with Crippen molar-refractivity contribution in [3.8, 4) is 0 Å². The summed E-state index contributed by atoms with van der Waals surface area (Å²) in [5.41, 5.74) is 0.767. The molecule has 2 N–H and O–H groups in total. The summed E-state index contributed by atoms with van der Waals surface area (Å²) in [7, 11) is 1.61. The highest BCUT2D eigenvalue weighted by Crippen LogP contribution is 2.33. The molecule has 4 amide bonds. The highest BCUT2D eigenvalue weighted by atomic mass is 16.5. The van der Waals surface area contributed by atoms with Gasteiger partial charge in [0.25, 0.3) is 0 Å². The maximum Gasteiger partial charge on any atom is 0.321 e. The van der Waals surface area contributed by atoms with Crippen LogP contribution < -0.4 is 10.6 Å². The van der Waals surface area contributed by atoms with Crippen molar-refractivity contribution in [2.75, 3.05) is 32.0 Å². The first-order valence-electron chi connectivity index (χ1n) is 9.08. The molecule has 2 aliphatic rings. The van der Waals surface area contributed by atoms with Crippen molar-refractivity contribution in [1.82, 2.24) is 25.3 Å². The molecular formula is C18H22N6O3. The number of rotatable bonds is 3. The molecule has 0 radical (unpaired) electrons. The molecule has 4 rings (SSSR count). The molecule has 2 aliphatic heterocycles. The number of hydrogen-bond donors (Lipinski definition) is 2. The van der Waals surface area contributed by atoms with Gasteiger partial charge in [-0.15, -0.1) is 0 Å². The van der Waals surface area contributed by atoms with Crippen LogP contribution in [-0.2, 0) is 0 Å². The minimum absolute atomic E-state index is 0.0545. The Bertz CT molecular complexity index is 818. The van der Waals surface area contributed by atoms with Crippen molar-refractivity contribution < 1.29 is 14.1 Å². The fourth-order valence-corrected chi connectivity index (χ4v) is 3.49. The maximum atomic E-state index is 12.2. The van der Waals surface area contributed by atoms with Gasteiger partial charge in [0.05, 0.1) is 5.92 Å². The molecule has 27 heavy (non-hydrogen) atoms. The third kappa shape index (κ3) is 3.44. The van der Waals surface area contributed by atoms with Crippen LogP contribution in [0.1, 0.15) is 36.5 Å². The highest BCUT2D eigenvalue weighted by molar-refractivity contribution is 5.89. The van der Waals surface area contributed by atoms with E-state index in [0.29, 0.717) is 31.3 Å². The molecule has 0 spiro atoms. The summed E-state index contributed by atoms with van der Waals surface area (Å²) in [6.07, 6.45) is 1.72. The summed E-state index contributed by atoms with van der Waals surface area (Å²) in [4.78, 5) is 32.1. The molecule has 142 valence electrons. The van der Waals surface area contributed by atoms with Gasteiger partial charge in [-0.2, -0.15) is 4.98 Å². The second kappa shape index (κ2) is 7.26. The van der Waals surface area contributed by atoms with E-state index in [4.69, 9.17) is 4.52 Å². The number of nitrogens with one attached hydrogen (secondary N) is 2. The summed E-state index contributed by atoms with van der Waals surface area (Å²) in [6, 6.07) is 8.90. The number of urea groups is 2. The van der Waals surface area contributed by atoms with E-state index in [1.807, 2.05) is 30.3 Å². The molecule has 3 heterocycles. The maximum absolute atomic E-state index is 12.2. The van der Waals surface area contributed by atoms with Crippen LogP contribution in [0.2, 0.25) is 0 Å². The first-order chi connectivity index (χ1) is 13.2. The predicted octanol–water partition coefficient (Wildman–Crippen LogP) is 2.18. The number of amides is 4. The number of hydrogen-bond acceptors (Lipinski definition) is 5. The molecule has 2 fully saturated rings. The Kier molecular flexibility index (Phi) is 4.66. The van der Waals surface area contributed by atoms with Gasteiger partial charge in [0.1, 0.15) is 6.04 Å². The third-order valence-electron chi connectivity index (χ3n) is 5.03. The van der Waals surface area contributed by atoms with E-state index in [0.717, 1.165) is 18.5 Å². The number of aromatic nitrogens is 2. The molecule has 2 aromatic rings. The van der Waals surface area contributed by atoms with E-state index >= 15 is 0 Å². The summed E-state index contributed by atoms with van der Waals surface area (Å²) in [5.74, 6) is 1.12. The fraction of sp³-hybridized carbons (Fsp3) is 0.444. The van der Waals surface area contributed by atoms with Gasteiger partial charge >= 0.3 is 12.1 Å². The van der Waals surface area contributed by atoms with E-state index in [9.17, 15) is 9.59 Å². The number of nitrogens with zero attached hydrogens (tertiary/aromatic N) is 4. The number of likely N-dealkylation sites (tertiary alicyclic amines) is 2. The normalized spacial score (nSPS) is 19.7. The Balaban J connectivity index is 1.34. The van der Waals surface area contributed by atoms with E-state index < -0.39 is 0 Å². The number of carbonyl (C=O) groups is 2. The number of para-hydroxylation sites is 1. The zero-order chi connectivity index (χ0) is 18.8. The highest BCUT2D eigenvalue weighted by Gasteiger charge is 2.38. The minimum Gasteiger partial charge on any atom is -0.341 e. The molecule has 1 aromatic heterocycles. The Morgan fingerprint density at radius 2 is 1.96 bits per heavy atom. The molecule has 9 nitrogen and oxygen atoms in total. The van der Waals surface area contributed by atoms with Crippen LogP contribution in [0.5, 0.6) is 0 Å². The Labute approximate surface area is 156 Å². The predicted molar refractivity (Wildman–Crippen MR) is 97.2 cm³/mol. The summed E-state index contributed by atoms with van der Waals surface area (Å²) in [6.45, 7) is 1.77. The lowest BCUT2D eigenvalue weighted by Crippen LogP contribution is -2.50. The van der Waals surface area contributed by atoms with Gasteiger partial charge in [0, 0.05) is 32.4 Å². The van der Waals surface area contributed by atoms with E-state index in [1.54, 1.807) is 16.8 Å². The SMILES string of the molecule is CNC(=O)N1CCCC1c1nc(C2CN(C(=O)Nc3ccccc3)C2)no1. The molecule has 1 atom stereocenters. The van der Waals surface area contributed by atoms with Crippen LogP contribution in [-0.4, -0.2) is 58.7 Å². The Morgan fingerprint density at radius 1 is 1.19 bits per heavy atom. The van der Waals surface area contributed by atoms with Crippen molar-refractivity contribution in [3.05, 3.63) is 42.0 Å². The Morgan fingerprint density at radius 3 is 2.70 bits per heavy atom. The van der Waals surface area contributed by atoms with Gasteiger partial charge < -0.3 is 25.0 Å². The fourth-order valence-electron chi connectivity index (χ4n) is 3.49. The largest absolute Gasteiger partial charge is 0.341 e. The van der Waals surface area contributed by atoms with Crippen LogP contribution in [0.4, 0.5) is 15.3 Å². The lowest BCUT2D eigenvalue weighted by molar-refractivity contribution is 0.159. The van der Waals surface area contributed by atoms with Gasteiger partial charge in [-0.1, -0.05) is 23.4 Å². The van der Waals surface area contributed by atoms with Crippen LogP contribution in [0.3, 0.4) is 0 Å². The molecule has 2 saturated heterocycles. The minimum atomic E-state index is -0.177. The van der Waals surface area contributed by atoms with Crippen molar-refractivity contribution in [1.29, 1.82) is 0 Å². The van der Waals surface area contributed by atoms with Crippen LogP contribution in [0.15, 0.2) is 34.9 Å². The smallest absolute Gasteiger partial charge is 0.321 e. The van der Waals surface area contributed by atoms with Crippen LogP contribution in [0, 0.1) is 0 Å². The average Bonchev–Trinajstić information content (AvgIpc) is 3.30. The molecular weight excluding hydrogens is 348 g/mol. The lowest BCUT2D eigenvalue weighted by atomic mass is 10.00. The molecule has 1 aromatic carbocycles. The zero-order valence-corrected chi connectivity index (χ0v) is 15.1. The third-order valence-corrected chi connectivity index (χ3v) is 5.03. The van der Waals surface area contributed by atoms with Crippen molar-refractivity contribution >= 4 is 17.7 Å². The van der Waals surface area contributed by atoms with Crippen molar-refractivity contribution in [3.63, 3.8) is 0 Å². The topological polar surface area (TPSA) is 104 Å². The summed E-state index contributed by atoms with van der Waals surface area (Å²) >= 11 is 0. The van der Waals surface area contributed by atoms with E-state index in [1.165, 1.54) is 0 Å². The second-order valence-corrected chi connectivity index (χ2v) is 6.80. The summed E-state index contributed by atoms with van der Waals surface area (Å²) < 4.78 is 5.42. The first-order valence-corrected chi connectivity index (χ1v) is 9.08. The quantitative estimate of drug-likeness (QED) is 0.862. The average molecular weight is 370 g/mol. The van der Waals surface area contributed by atoms with Gasteiger partial charge in [0.15, 0.2) is 5.82 Å². The second-order valence-electron chi connectivity index (χ2n) is 6.80. The van der Waals surface area contributed by atoms with Crippen molar-refractivity contribution in [2.24, 2.45) is 0 Å². The van der Waals surface area contributed by atoms with Gasteiger partial charge in [-0.05, 0) is 25.0 Å².